The third-order valence-corrected chi connectivity index (χ3v) is 3.25. The smallest absolute Gasteiger partial charge is 0.251 e. The Labute approximate surface area is 132 Å². The van der Waals surface area contributed by atoms with Crippen molar-refractivity contribution < 1.29 is 9.53 Å². The van der Waals surface area contributed by atoms with Crippen LogP contribution in [0.4, 0.5) is 5.69 Å². The van der Waals surface area contributed by atoms with E-state index in [1.165, 1.54) is 0 Å². The van der Waals surface area contributed by atoms with Gasteiger partial charge in [-0.05, 0) is 43.3 Å². The number of hydrogen-bond donors (Lipinski definition) is 2. The molecule has 110 valence electrons. The van der Waals surface area contributed by atoms with Gasteiger partial charge >= 0.3 is 0 Å². The molecule has 0 spiro atoms. The molecule has 4 nitrogen and oxygen atoms in total. The summed E-state index contributed by atoms with van der Waals surface area (Å²) in [5, 5.41) is 3.61. The Kier molecular flexibility index (Phi) is 4.94. The van der Waals surface area contributed by atoms with Crippen molar-refractivity contribution in [1.82, 2.24) is 5.32 Å². The van der Waals surface area contributed by atoms with Crippen LogP contribution >= 0.6 is 23.2 Å². The largest absolute Gasteiger partial charge is 0.454 e. The highest BCUT2D eigenvalue weighted by molar-refractivity contribution is 6.35. The molecule has 0 atom stereocenters. The Morgan fingerprint density at radius 3 is 2.52 bits per heavy atom. The molecule has 2 aromatic rings. The van der Waals surface area contributed by atoms with Crippen molar-refractivity contribution in [1.29, 1.82) is 0 Å². The topological polar surface area (TPSA) is 64.3 Å². The fourth-order valence-corrected chi connectivity index (χ4v) is 2.17. The van der Waals surface area contributed by atoms with Crippen molar-refractivity contribution in [3.8, 4) is 11.5 Å². The lowest BCUT2D eigenvalue weighted by atomic mass is 10.1. The molecule has 0 fully saturated rings. The van der Waals surface area contributed by atoms with Crippen LogP contribution in [0, 0.1) is 0 Å². The van der Waals surface area contributed by atoms with Gasteiger partial charge in [0.2, 0.25) is 0 Å². The number of rotatable bonds is 4. The summed E-state index contributed by atoms with van der Waals surface area (Å²) < 4.78 is 5.64. The number of carbonyl (C=O) groups is 1. The average molecular weight is 325 g/mol. The average Bonchev–Trinajstić information content (AvgIpc) is 2.44. The van der Waals surface area contributed by atoms with Crippen LogP contribution in [-0.2, 0) is 0 Å². The second kappa shape index (κ2) is 6.70. The highest BCUT2D eigenvalue weighted by Gasteiger charge is 2.10. The molecule has 21 heavy (non-hydrogen) atoms. The standard InChI is InChI=1S/C15H14Cl2N2O2/c1-2-19-15(20)9-3-5-14(12(18)7-9)21-13-6-4-10(16)8-11(13)17/h3-8H,2,18H2,1H3,(H,19,20). The van der Waals surface area contributed by atoms with Crippen LogP contribution in [0.1, 0.15) is 17.3 Å². The summed E-state index contributed by atoms with van der Waals surface area (Å²) in [6.07, 6.45) is 0. The molecule has 3 N–H and O–H groups in total. The van der Waals surface area contributed by atoms with Gasteiger partial charge in [-0.1, -0.05) is 23.2 Å². The number of benzene rings is 2. The van der Waals surface area contributed by atoms with Crippen LogP contribution in [-0.4, -0.2) is 12.5 Å². The van der Waals surface area contributed by atoms with E-state index in [9.17, 15) is 4.79 Å². The van der Waals surface area contributed by atoms with Crippen molar-refractivity contribution in [2.24, 2.45) is 0 Å². The maximum absolute atomic E-state index is 11.7. The first kappa shape index (κ1) is 15.5. The number of amides is 1. The first-order valence-electron chi connectivity index (χ1n) is 6.32. The Bertz CT molecular complexity index is 675. The molecule has 0 aliphatic rings. The van der Waals surface area contributed by atoms with Crippen molar-refractivity contribution in [2.75, 3.05) is 12.3 Å². The molecule has 0 aromatic heterocycles. The molecule has 0 saturated heterocycles. The molecule has 6 heteroatoms. The Balaban J connectivity index is 2.23. The lowest BCUT2D eigenvalue weighted by Gasteiger charge is -2.11. The molecule has 0 heterocycles. The van der Waals surface area contributed by atoms with E-state index in [4.69, 9.17) is 33.7 Å². The van der Waals surface area contributed by atoms with E-state index in [-0.39, 0.29) is 5.91 Å². The fourth-order valence-electron chi connectivity index (χ4n) is 1.72. The monoisotopic (exact) mass is 324 g/mol. The van der Waals surface area contributed by atoms with Gasteiger partial charge in [0.25, 0.3) is 5.91 Å². The summed E-state index contributed by atoms with van der Waals surface area (Å²) in [6, 6.07) is 9.73. The molecule has 0 aliphatic carbocycles. The van der Waals surface area contributed by atoms with E-state index in [1.54, 1.807) is 36.4 Å². The molecule has 0 unspecified atom stereocenters. The van der Waals surface area contributed by atoms with Gasteiger partial charge in [-0.3, -0.25) is 4.79 Å². The Morgan fingerprint density at radius 2 is 1.90 bits per heavy atom. The first-order chi connectivity index (χ1) is 10.0. The summed E-state index contributed by atoms with van der Waals surface area (Å²) in [5.74, 6) is 0.686. The van der Waals surface area contributed by atoms with Gasteiger partial charge in [-0.25, -0.2) is 0 Å². The highest BCUT2D eigenvalue weighted by atomic mass is 35.5. The number of carbonyl (C=O) groups excluding carboxylic acids is 1. The molecular weight excluding hydrogens is 311 g/mol. The zero-order chi connectivity index (χ0) is 15.4. The summed E-state index contributed by atoms with van der Waals surface area (Å²) in [7, 11) is 0. The number of ether oxygens (including phenoxy) is 1. The van der Waals surface area contributed by atoms with Crippen LogP contribution in [0.25, 0.3) is 0 Å². The SMILES string of the molecule is CCNC(=O)c1ccc(Oc2ccc(Cl)cc2Cl)c(N)c1. The van der Waals surface area contributed by atoms with Crippen molar-refractivity contribution in [3.63, 3.8) is 0 Å². The normalized spacial score (nSPS) is 10.2. The van der Waals surface area contributed by atoms with E-state index in [2.05, 4.69) is 5.32 Å². The fraction of sp³-hybridized carbons (Fsp3) is 0.133. The third kappa shape index (κ3) is 3.80. The maximum atomic E-state index is 11.7. The molecule has 2 rings (SSSR count). The van der Waals surface area contributed by atoms with Crippen LogP contribution in [0.3, 0.4) is 0 Å². The lowest BCUT2D eigenvalue weighted by Crippen LogP contribution is -2.22. The van der Waals surface area contributed by atoms with E-state index in [0.717, 1.165) is 0 Å². The van der Waals surface area contributed by atoms with Gasteiger partial charge < -0.3 is 15.8 Å². The minimum atomic E-state index is -0.180. The van der Waals surface area contributed by atoms with Gasteiger partial charge in [-0.2, -0.15) is 0 Å². The van der Waals surface area contributed by atoms with E-state index < -0.39 is 0 Å². The zero-order valence-electron chi connectivity index (χ0n) is 11.3. The molecule has 0 bridgehead atoms. The zero-order valence-corrected chi connectivity index (χ0v) is 12.8. The predicted molar refractivity (Wildman–Crippen MR) is 85.4 cm³/mol. The number of nitrogen functional groups attached to an aromatic ring is 1. The summed E-state index contributed by atoms with van der Waals surface area (Å²) in [4.78, 5) is 11.7. The Morgan fingerprint density at radius 1 is 1.19 bits per heavy atom. The van der Waals surface area contributed by atoms with Crippen LogP contribution in [0.15, 0.2) is 36.4 Å². The van der Waals surface area contributed by atoms with Gasteiger partial charge in [0, 0.05) is 17.1 Å². The predicted octanol–water partition coefficient (Wildman–Crippen LogP) is 4.12. The third-order valence-electron chi connectivity index (χ3n) is 2.72. The number of nitrogens with one attached hydrogen (secondary N) is 1. The summed E-state index contributed by atoms with van der Waals surface area (Å²) >= 11 is 11.9. The molecule has 2 aromatic carbocycles. The van der Waals surface area contributed by atoms with Crippen LogP contribution < -0.4 is 15.8 Å². The van der Waals surface area contributed by atoms with Gasteiger partial charge in [-0.15, -0.1) is 0 Å². The number of hydrogen-bond acceptors (Lipinski definition) is 3. The van der Waals surface area contributed by atoms with Crippen LogP contribution in [0.5, 0.6) is 11.5 Å². The minimum Gasteiger partial charge on any atom is -0.454 e. The van der Waals surface area contributed by atoms with Gasteiger partial charge in [0.15, 0.2) is 0 Å². The quantitative estimate of drug-likeness (QED) is 0.831. The number of halogens is 2. The van der Waals surface area contributed by atoms with Crippen LogP contribution in [0.2, 0.25) is 10.0 Å². The number of nitrogens with two attached hydrogens (primary N) is 1. The van der Waals surface area contributed by atoms with E-state index >= 15 is 0 Å². The highest BCUT2D eigenvalue weighted by Crippen LogP contribution is 2.34. The molecule has 0 radical (unpaired) electrons. The maximum Gasteiger partial charge on any atom is 0.251 e. The number of anilines is 1. The minimum absolute atomic E-state index is 0.180. The summed E-state index contributed by atoms with van der Waals surface area (Å²) in [5.41, 5.74) is 6.74. The lowest BCUT2D eigenvalue weighted by molar-refractivity contribution is 0.0956. The van der Waals surface area contributed by atoms with Crippen molar-refractivity contribution >= 4 is 34.8 Å². The van der Waals surface area contributed by atoms with Gasteiger partial charge in [0.05, 0.1) is 10.7 Å². The first-order valence-corrected chi connectivity index (χ1v) is 7.07. The molecular formula is C15H14Cl2N2O2. The van der Waals surface area contributed by atoms with E-state index in [1.807, 2.05) is 6.92 Å². The Hall–Kier alpha value is -1.91. The second-order valence-electron chi connectivity index (χ2n) is 4.29. The molecule has 0 saturated carbocycles. The van der Waals surface area contributed by atoms with Gasteiger partial charge in [0.1, 0.15) is 11.5 Å². The van der Waals surface area contributed by atoms with E-state index in [0.29, 0.717) is 39.3 Å². The van der Waals surface area contributed by atoms with Crippen molar-refractivity contribution in [3.05, 3.63) is 52.0 Å². The van der Waals surface area contributed by atoms with Crippen molar-refractivity contribution in [2.45, 2.75) is 6.92 Å². The summed E-state index contributed by atoms with van der Waals surface area (Å²) in [6.45, 7) is 2.40. The second-order valence-corrected chi connectivity index (χ2v) is 5.13. The molecule has 0 aliphatic heterocycles. The molecule has 1 amide bonds.